The van der Waals surface area contributed by atoms with Gasteiger partial charge >= 0.3 is 0 Å². The summed E-state index contributed by atoms with van der Waals surface area (Å²) in [6, 6.07) is 13.0. The first-order valence-electron chi connectivity index (χ1n) is 10.5. The van der Waals surface area contributed by atoms with E-state index >= 15 is 0 Å². The van der Waals surface area contributed by atoms with Gasteiger partial charge in [0.1, 0.15) is 0 Å². The third-order valence-corrected chi connectivity index (χ3v) is 6.80. The van der Waals surface area contributed by atoms with Crippen molar-refractivity contribution in [2.24, 2.45) is 4.99 Å². The van der Waals surface area contributed by atoms with Gasteiger partial charge in [0.2, 0.25) is 6.79 Å². The standard InChI is InChI=1S/C25H23N3O4S/c1-14-22(15(2)29)23(17-6-8-18(9-7-17)27(3)4)28-24(30)21(33-25(28)26-14)12-16-5-10-19-20(11-16)32-13-31-19/h5-12,23H,13H2,1-4H3/b21-12+/t23-/m0/s1. The third-order valence-electron chi connectivity index (χ3n) is 5.82. The molecule has 2 aliphatic rings. The van der Waals surface area contributed by atoms with Gasteiger partial charge in [0.25, 0.3) is 5.56 Å². The van der Waals surface area contributed by atoms with Gasteiger partial charge in [0, 0.05) is 31.1 Å². The number of aromatic nitrogens is 1. The molecular formula is C25H23N3O4S. The van der Waals surface area contributed by atoms with E-state index in [9.17, 15) is 9.59 Å². The highest BCUT2D eigenvalue weighted by Gasteiger charge is 2.30. The summed E-state index contributed by atoms with van der Waals surface area (Å²) in [4.78, 5) is 33.4. The first kappa shape index (κ1) is 21.2. The van der Waals surface area contributed by atoms with Crippen molar-refractivity contribution in [1.82, 2.24) is 4.57 Å². The summed E-state index contributed by atoms with van der Waals surface area (Å²) in [6.45, 7) is 3.55. The molecule has 0 unspecified atom stereocenters. The van der Waals surface area contributed by atoms with Crippen LogP contribution in [0.1, 0.15) is 31.0 Å². The molecule has 168 valence electrons. The van der Waals surface area contributed by atoms with Crippen molar-refractivity contribution in [2.75, 3.05) is 25.8 Å². The molecule has 3 aromatic rings. The van der Waals surface area contributed by atoms with Crippen LogP contribution in [0.25, 0.3) is 6.08 Å². The van der Waals surface area contributed by atoms with E-state index in [0.29, 0.717) is 32.1 Å². The maximum absolute atomic E-state index is 13.6. The Morgan fingerprint density at radius 3 is 2.58 bits per heavy atom. The summed E-state index contributed by atoms with van der Waals surface area (Å²) in [7, 11) is 3.94. The van der Waals surface area contributed by atoms with Gasteiger partial charge in [-0.25, -0.2) is 4.99 Å². The third kappa shape index (κ3) is 3.66. The molecule has 3 heterocycles. The number of anilines is 1. The Labute approximate surface area is 194 Å². The van der Waals surface area contributed by atoms with Crippen LogP contribution in [0.4, 0.5) is 5.69 Å². The number of rotatable bonds is 4. The minimum Gasteiger partial charge on any atom is -0.454 e. The van der Waals surface area contributed by atoms with Gasteiger partial charge < -0.3 is 14.4 Å². The zero-order chi connectivity index (χ0) is 23.3. The fraction of sp³-hybridized carbons (Fsp3) is 0.240. The van der Waals surface area contributed by atoms with E-state index in [2.05, 4.69) is 4.99 Å². The second-order valence-corrected chi connectivity index (χ2v) is 9.25. The van der Waals surface area contributed by atoms with Gasteiger partial charge in [0.05, 0.1) is 10.6 Å². The fourth-order valence-corrected chi connectivity index (χ4v) is 5.24. The molecule has 5 rings (SSSR count). The van der Waals surface area contributed by atoms with E-state index in [1.54, 1.807) is 4.57 Å². The van der Waals surface area contributed by atoms with Crippen LogP contribution in [0.2, 0.25) is 0 Å². The summed E-state index contributed by atoms with van der Waals surface area (Å²) >= 11 is 1.32. The highest BCUT2D eigenvalue weighted by molar-refractivity contribution is 7.07. The van der Waals surface area contributed by atoms with Crippen molar-refractivity contribution in [3.05, 3.63) is 84.5 Å². The molecule has 2 aliphatic heterocycles. The van der Waals surface area contributed by atoms with E-state index in [0.717, 1.165) is 16.8 Å². The number of carbonyl (C=O) groups is 1. The predicted octanol–water partition coefficient (Wildman–Crippen LogP) is 2.62. The van der Waals surface area contributed by atoms with Gasteiger partial charge in [-0.1, -0.05) is 29.5 Å². The lowest BCUT2D eigenvalue weighted by molar-refractivity contribution is -0.114. The molecule has 8 heteroatoms. The van der Waals surface area contributed by atoms with Crippen molar-refractivity contribution >= 4 is 28.9 Å². The van der Waals surface area contributed by atoms with Crippen molar-refractivity contribution in [1.29, 1.82) is 0 Å². The van der Waals surface area contributed by atoms with Crippen molar-refractivity contribution in [3.63, 3.8) is 0 Å². The molecule has 2 aromatic carbocycles. The predicted molar refractivity (Wildman–Crippen MR) is 128 cm³/mol. The van der Waals surface area contributed by atoms with E-state index < -0.39 is 6.04 Å². The maximum Gasteiger partial charge on any atom is 0.271 e. The summed E-state index contributed by atoms with van der Waals surface area (Å²) in [5.74, 6) is 1.25. The van der Waals surface area contributed by atoms with Gasteiger partial charge in [-0.15, -0.1) is 0 Å². The Morgan fingerprint density at radius 2 is 1.88 bits per heavy atom. The number of ketones is 1. The number of ether oxygens (including phenoxy) is 2. The number of benzene rings is 2. The van der Waals surface area contributed by atoms with Crippen molar-refractivity contribution < 1.29 is 14.3 Å². The Hall–Kier alpha value is -3.65. The largest absolute Gasteiger partial charge is 0.454 e. The molecule has 7 nitrogen and oxygen atoms in total. The van der Waals surface area contributed by atoms with Gasteiger partial charge in [0.15, 0.2) is 22.1 Å². The minimum absolute atomic E-state index is 0.0945. The molecule has 1 aromatic heterocycles. The molecule has 1 atom stereocenters. The molecule has 0 saturated carbocycles. The van der Waals surface area contributed by atoms with Crippen LogP contribution < -0.4 is 29.3 Å². The molecule has 0 N–H and O–H groups in total. The number of thiazole rings is 1. The maximum atomic E-state index is 13.6. The van der Waals surface area contributed by atoms with Crippen LogP contribution in [0.5, 0.6) is 11.5 Å². The lowest BCUT2D eigenvalue weighted by Gasteiger charge is -2.25. The number of nitrogens with zero attached hydrogens (tertiary/aromatic N) is 3. The number of Topliss-reactive ketones (excluding diaryl/α,β-unsaturated/α-hetero) is 1. The van der Waals surface area contributed by atoms with Crippen LogP contribution in [-0.2, 0) is 4.79 Å². The number of carbonyl (C=O) groups excluding carboxylic acids is 1. The van der Waals surface area contributed by atoms with Crippen LogP contribution in [0.3, 0.4) is 0 Å². The first-order chi connectivity index (χ1) is 15.8. The Kier molecular flexibility index (Phi) is 5.17. The van der Waals surface area contributed by atoms with E-state index in [1.807, 2.05) is 74.5 Å². The lowest BCUT2D eigenvalue weighted by atomic mass is 9.93. The Morgan fingerprint density at radius 1 is 1.15 bits per heavy atom. The van der Waals surface area contributed by atoms with Crippen molar-refractivity contribution in [2.45, 2.75) is 19.9 Å². The molecule has 33 heavy (non-hydrogen) atoms. The molecule has 0 spiro atoms. The monoisotopic (exact) mass is 461 g/mol. The van der Waals surface area contributed by atoms with E-state index in [4.69, 9.17) is 9.47 Å². The molecular weight excluding hydrogens is 438 g/mol. The number of allylic oxidation sites excluding steroid dienone is 2. The smallest absolute Gasteiger partial charge is 0.271 e. The Bertz CT molecular complexity index is 1480. The van der Waals surface area contributed by atoms with Crippen molar-refractivity contribution in [3.8, 4) is 11.5 Å². The zero-order valence-corrected chi connectivity index (χ0v) is 19.6. The summed E-state index contributed by atoms with van der Waals surface area (Å²) in [6.07, 6.45) is 1.82. The van der Waals surface area contributed by atoms with E-state index in [-0.39, 0.29) is 18.1 Å². The summed E-state index contributed by atoms with van der Waals surface area (Å²) in [5, 5.41) is 0. The molecule has 0 amide bonds. The number of hydrogen-bond donors (Lipinski definition) is 0. The zero-order valence-electron chi connectivity index (χ0n) is 18.8. The van der Waals surface area contributed by atoms with Crippen LogP contribution in [0, 0.1) is 0 Å². The second-order valence-electron chi connectivity index (χ2n) is 8.24. The van der Waals surface area contributed by atoms with Crippen LogP contribution >= 0.6 is 11.3 Å². The highest BCUT2D eigenvalue weighted by Crippen LogP contribution is 2.33. The first-order valence-corrected chi connectivity index (χ1v) is 11.4. The van der Waals surface area contributed by atoms with Crippen LogP contribution in [-0.4, -0.2) is 31.2 Å². The molecule has 0 saturated heterocycles. The average Bonchev–Trinajstić information content (AvgIpc) is 3.36. The van der Waals surface area contributed by atoms with Crippen LogP contribution in [0.15, 0.2) is 63.5 Å². The quantitative estimate of drug-likeness (QED) is 0.597. The van der Waals surface area contributed by atoms with Gasteiger partial charge in [-0.2, -0.15) is 0 Å². The molecule has 0 aliphatic carbocycles. The SMILES string of the molecule is CC(=O)C1=C(C)N=c2s/c(=C/c3ccc4c(c3)OCO4)c(=O)n2[C@H]1c1ccc(N(C)C)cc1. The fourth-order valence-electron chi connectivity index (χ4n) is 4.20. The second kappa shape index (κ2) is 8.04. The number of fused-ring (bicyclic) bond motifs is 2. The normalized spacial score (nSPS) is 17.1. The number of hydrogen-bond acceptors (Lipinski definition) is 7. The lowest BCUT2D eigenvalue weighted by Crippen LogP contribution is -2.39. The highest BCUT2D eigenvalue weighted by atomic mass is 32.1. The van der Waals surface area contributed by atoms with Gasteiger partial charge in [-0.3, -0.25) is 14.2 Å². The topological polar surface area (TPSA) is 73.1 Å². The summed E-state index contributed by atoms with van der Waals surface area (Å²) < 4.78 is 13.0. The average molecular weight is 462 g/mol. The van der Waals surface area contributed by atoms with E-state index in [1.165, 1.54) is 18.3 Å². The molecule has 0 radical (unpaired) electrons. The van der Waals surface area contributed by atoms with Gasteiger partial charge in [-0.05, 0) is 55.3 Å². The minimum atomic E-state index is -0.520. The molecule has 0 fully saturated rings. The molecule has 0 bridgehead atoms. The summed E-state index contributed by atoms with van der Waals surface area (Å²) in [5.41, 5.74) is 3.74. The Balaban J connectivity index is 1.68.